The lowest BCUT2D eigenvalue weighted by atomic mass is 10.1. The van der Waals surface area contributed by atoms with Gasteiger partial charge in [0.15, 0.2) is 0 Å². The summed E-state index contributed by atoms with van der Waals surface area (Å²) < 4.78 is 5.56. The highest BCUT2D eigenvalue weighted by molar-refractivity contribution is 6.01. The van der Waals surface area contributed by atoms with E-state index < -0.39 is 15.8 Å². The number of rotatable bonds is 6. The predicted octanol–water partition coefficient (Wildman–Crippen LogP) is 4.41. The summed E-state index contributed by atoms with van der Waals surface area (Å²) in [5, 5.41) is 24.3. The number of nitro benzene ring substituents is 2. The van der Waals surface area contributed by atoms with E-state index in [9.17, 15) is 25.0 Å². The summed E-state index contributed by atoms with van der Waals surface area (Å²) in [4.78, 5) is 32.7. The van der Waals surface area contributed by atoms with Crippen LogP contribution < -0.4 is 5.32 Å². The SMILES string of the molecule is O=C(C=Cc1ccc(-c2ccccc2[N+](=O)[O-])o1)Nc1ccc([N+](=O)[O-])cc1. The van der Waals surface area contributed by atoms with Crippen LogP contribution in [0, 0.1) is 20.2 Å². The van der Waals surface area contributed by atoms with E-state index in [0.717, 1.165) is 0 Å². The molecule has 0 unspecified atom stereocenters. The van der Waals surface area contributed by atoms with E-state index in [4.69, 9.17) is 4.42 Å². The molecule has 28 heavy (non-hydrogen) atoms. The number of non-ortho nitro benzene ring substituents is 1. The molecule has 3 aromatic rings. The van der Waals surface area contributed by atoms with Crippen molar-refractivity contribution in [3.8, 4) is 11.3 Å². The molecule has 0 saturated carbocycles. The Morgan fingerprint density at radius 2 is 1.64 bits per heavy atom. The van der Waals surface area contributed by atoms with Crippen LogP contribution >= 0.6 is 0 Å². The number of hydrogen-bond donors (Lipinski definition) is 1. The first-order valence-electron chi connectivity index (χ1n) is 8.01. The second-order valence-electron chi connectivity index (χ2n) is 5.60. The summed E-state index contributed by atoms with van der Waals surface area (Å²) in [6, 6.07) is 14.8. The topological polar surface area (TPSA) is 129 Å². The third kappa shape index (κ3) is 4.28. The Kier molecular flexibility index (Phi) is 5.26. The van der Waals surface area contributed by atoms with Gasteiger partial charge in [0.1, 0.15) is 11.5 Å². The van der Waals surface area contributed by atoms with Crippen molar-refractivity contribution in [2.24, 2.45) is 0 Å². The van der Waals surface area contributed by atoms with Crippen LogP contribution in [0.3, 0.4) is 0 Å². The predicted molar refractivity (Wildman–Crippen MR) is 102 cm³/mol. The second-order valence-corrected chi connectivity index (χ2v) is 5.60. The molecule has 0 aliphatic heterocycles. The van der Waals surface area contributed by atoms with Gasteiger partial charge in [0.2, 0.25) is 5.91 Å². The average Bonchev–Trinajstić information content (AvgIpc) is 3.15. The van der Waals surface area contributed by atoms with Gasteiger partial charge in [0.05, 0.1) is 15.4 Å². The maximum absolute atomic E-state index is 12.0. The van der Waals surface area contributed by atoms with Crippen molar-refractivity contribution < 1.29 is 19.1 Å². The first-order chi connectivity index (χ1) is 13.4. The van der Waals surface area contributed by atoms with Gasteiger partial charge in [-0.1, -0.05) is 12.1 Å². The number of nitrogens with zero attached hydrogens (tertiary/aromatic N) is 2. The van der Waals surface area contributed by atoms with E-state index in [0.29, 0.717) is 22.8 Å². The summed E-state index contributed by atoms with van der Waals surface area (Å²) in [5.41, 5.74) is 0.581. The molecule has 1 aromatic heterocycles. The molecule has 3 rings (SSSR count). The minimum atomic E-state index is -0.531. The molecule has 0 bridgehead atoms. The molecule has 140 valence electrons. The van der Waals surface area contributed by atoms with Gasteiger partial charge in [-0.2, -0.15) is 0 Å². The fraction of sp³-hybridized carbons (Fsp3) is 0. The van der Waals surface area contributed by atoms with E-state index in [1.54, 1.807) is 30.3 Å². The van der Waals surface area contributed by atoms with Crippen LogP contribution in [0.4, 0.5) is 17.1 Å². The van der Waals surface area contributed by atoms with Gasteiger partial charge in [-0.3, -0.25) is 25.0 Å². The second kappa shape index (κ2) is 7.96. The van der Waals surface area contributed by atoms with Crippen molar-refractivity contribution in [3.63, 3.8) is 0 Å². The van der Waals surface area contributed by atoms with Gasteiger partial charge in [-0.15, -0.1) is 0 Å². The number of para-hydroxylation sites is 1. The maximum atomic E-state index is 12.0. The molecule has 0 radical (unpaired) electrons. The van der Waals surface area contributed by atoms with Crippen LogP contribution in [0.1, 0.15) is 5.76 Å². The lowest BCUT2D eigenvalue weighted by Gasteiger charge is -2.01. The number of furan rings is 1. The molecule has 0 aliphatic carbocycles. The standard InChI is InChI=1S/C19H13N3O6/c23-19(20-13-5-7-14(8-6-13)21(24)25)12-10-15-9-11-18(28-15)16-3-1-2-4-17(16)22(26)27/h1-12H,(H,20,23). The normalized spacial score (nSPS) is 10.7. The number of carbonyl (C=O) groups excluding carboxylic acids is 1. The molecule has 0 spiro atoms. The molecule has 0 atom stereocenters. The maximum Gasteiger partial charge on any atom is 0.280 e. The van der Waals surface area contributed by atoms with Gasteiger partial charge in [-0.25, -0.2) is 0 Å². The number of nitro groups is 2. The number of benzene rings is 2. The third-order valence-corrected chi connectivity index (χ3v) is 3.74. The fourth-order valence-electron chi connectivity index (χ4n) is 2.44. The van der Waals surface area contributed by atoms with Crippen LogP contribution in [-0.4, -0.2) is 15.8 Å². The summed E-state index contributed by atoms with van der Waals surface area (Å²) in [6.07, 6.45) is 2.64. The summed E-state index contributed by atoms with van der Waals surface area (Å²) in [6.45, 7) is 0. The Bertz CT molecular complexity index is 1070. The Balaban J connectivity index is 1.69. The zero-order valence-electron chi connectivity index (χ0n) is 14.3. The minimum absolute atomic E-state index is 0.0772. The van der Waals surface area contributed by atoms with Crippen molar-refractivity contribution in [3.05, 3.63) is 92.7 Å². The molecular weight excluding hydrogens is 366 g/mol. The monoisotopic (exact) mass is 379 g/mol. The molecular formula is C19H13N3O6. The number of carbonyl (C=O) groups is 1. The highest BCUT2D eigenvalue weighted by Crippen LogP contribution is 2.31. The van der Waals surface area contributed by atoms with Crippen molar-refractivity contribution in [2.75, 3.05) is 5.32 Å². The van der Waals surface area contributed by atoms with E-state index in [-0.39, 0.29) is 11.4 Å². The van der Waals surface area contributed by atoms with Crippen LogP contribution in [-0.2, 0) is 4.79 Å². The Hall–Kier alpha value is -4.27. The zero-order chi connectivity index (χ0) is 20.1. The van der Waals surface area contributed by atoms with E-state index >= 15 is 0 Å². The smallest absolute Gasteiger partial charge is 0.280 e. The number of nitrogens with one attached hydrogen (secondary N) is 1. The fourth-order valence-corrected chi connectivity index (χ4v) is 2.44. The first-order valence-corrected chi connectivity index (χ1v) is 8.01. The molecule has 9 nitrogen and oxygen atoms in total. The summed E-state index contributed by atoms with van der Waals surface area (Å²) in [7, 11) is 0. The lowest BCUT2D eigenvalue weighted by Crippen LogP contribution is -2.07. The van der Waals surface area contributed by atoms with Crippen LogP contribution in [0.2, 0.25) is 0 Å². The quantitative estimate of drug-likeness (QED) is 0.383. The highest BCUT2D eigenvalue weighted by Gasteiger charge is 2.16. The van der Waals surface area contributed by atoms with Gasteiger partial charge in [-0.05, 0) is 36.4 Å². The van der Waals surface area contributed by atoms with Crippen molar-refractivity contribution >= 4 is 29.0 Å². The molecule has 2 aromatic carbocycles. The van der Waals surface area contributed by atoms with Gasteiger partial charge in [0, 0.05) is 30.0 Å². The van der Waals surface area contributed by atoms with Crippen LogP contribution in [0.25, 0.3) is 17.4 Å². The molecule has 0 fully saturated rings. The van der Waals surface area contributed by atoms with Gasteiger partial charge < -0.3 is 9.73 Å². The molecule has 0 aliphatic rings. The minimum Gasteiger partial charge on any atom is -0.456 e. The number of amides is 1. The molecule has 9 heteroatoms. The van der Waals surface area contributed by atoms with E-state index in [2.05, 4.69) is 5.32 Å². The van der Waals surface area contributed by atoms with Gasteiger partial charge in [0.25, 0.3) is 11.4 Å². The zero-order valence-corrected chi connectivity index (χ0v) is 14.3. The molecule has 1 N–H and O–H groups in total. The Morgan fingerprint density at radius 3 is 2.32 bits per heavy atom. The largest absolute Gasteiger partial charge is 0.456 e. The first kappa shape index (κ1) is 18.5. The van der Waals surface area contributed by atoms with E-state index in [1.807, 2.05) is 0 Å². The van der Waals surface area contributed by atoms with Gasteiger partial charge >= 0.3 is 0 Å². The summed E-state index contributed by atoms with van der Waals surface area (Å²) in [5.74, 6) is 0.187. The lowest BCUT2D eigenvalue weighted by molar-refractivity contribution is -0.384. The third-order valence-electron chi connectivity index (χ3n) is 3.74. The highest BCUT2D eigenvalue weighted by atomic mass is 16.6. The van der Waals surface area contributed by atoms with E-state index in [1.165, 1.54) is 42.5 Å². The van der Waals surface area contributed by atoms with Crippen LogP contribution in [0.5, 0.6) is 0 Å². The average molecular weight is 379 g/mol. The van der Waals surface area contributed by atoms with Crippen molar-refractivity contribution in [1.82, 2.24) is 0 Å². The number of anilines is 1. The Morgan fingerprint density at radius 1 is 0.929 bits per heavy atom. The van der Waals surface area contributed by atoms with Crippen LogP contribution in [0.15, 0.2) is 71.2 Å². The van der Waals surface area contributed by atoms with Crippen molar-refractivity contribution in [2.45, 2.75) is 0 Å². The number of hydrogen-bond acceptors (Lipinski definition) is 6. The summed E-state index contributed by atoms with van der Waals surface area (Å²) >= 11 is 0. The molecule has 0 saturated heterocycles. The molecule has 1 amide bonds. The molecule has 1 heterocycles. The Labute approximate surface area is 158 Å². The van der Waals surface area contributed by atoms with Crippen molar-refractivity contribution in [1.29, 1.82) is 0 Å².